The number of nitrogens with one attached hydrogen (secondary N) is 1. The Morgan fingerprint density at radius 3 is 2.79 bits per heavy atom. The van der Waals surface area contributed by atoms with Gasteiger partial charge in [0.2, 0.25) is 0 Å². The van der Waals surface area contributed by atoms with Crippen LogP contribution in [0.25, 0.3) is 0 Å². The molecule has 1 aromatic carbocycles. The molecule has 0 bridgehead atoms. The second-order valence-corrected chi connectivity index (χ2v) is 4.59. The van der Waals surface area contributed by atoms with Gasteiger partial charge in [0.1, 0.15) is 6.61 Å². The van der Waals surface area contributed by atoms with E-state index in [0.29, 0.717) is 6.61 Å². The molecule has 0 aliphatic carbocycles. The molecule has 2 heterocycles. The normalized spacial score (nSPS) is 19.2. The fourth-order valence-electron chi connectivity index (χ4n) is 2.32. The van der Waals surface area contributed by atoms with Gasteiger partial charge in [0.15, 0.2) is 17.6 Å². The van der Waals surface area contributed by atoms with Crippen molar-refractivity contribution in [3.63, 3.8) is 0 Å². The molecule has 0 fully saturated rings. The van der Waals surface area contributed by atoms with Crippen LogP contribution < -0.4 is 14.8 Å². The van der Waals surface area contributed by atoms with Gasteiger partial charge < -0.3 is 14.8 Å². The highest BCUT2D eigenvalue weighted by molar-refractivity contribution is 5.41. The van der Waals surface area contributed by atoms with Gasteiger partial charge in [-0.1, -0.05) is 12.1 Å². The number of fused-ring (bicyclic) bond motifs is 1. The molecule has 0 amide bonds. The molecule has 0 saturated carbocycles. The van der Waals surface area contributed by atoms with E-state index in [1.807, 2.05) is 50.6 Å². The van der Waals surface area contributed by atoms with Crippen molar-refractivity contribution in [2.45, 2.75) is 12.1 Å². The van der Waals surface area contributed by atoms with E-state index >= 15 is 0 Å². The molecule has 2 atom stereocenters. The lowest BCUT2D eigenvalue weighted by molar-refractivity contribution is 0.0626. The summed E-state index contributed by atoms with van der Waals surface area (Å²) < 4.78 is 13.5. The average molecular weight is 259 g/mol. The van der Waals surface area contributed by atoms with Crippen molar-refractivity contribution >= 4 is 0 Å². The smallest absolute Gasteiger partial charge is 0.161 e. The molecule has 0 saturated heterocycles. The number of aryl methyl sites for hydroxylation is 1. The third kappa shape index (κ3) is 2.29. The Balaban J connectivity index is 1.83. The van der Waals surface area contributed by atoms with Gasteiger partial charge in [0.05, 0.1) is 11.7 Å². The zero-order valence-corrected chi connectivity index (χ0v) is 11.0. The first-order chi connectivity index (χ1) is 9.28. The Morgan fingerprint density at radius 1 is 1.32 bits per heavy atom. The van der Waals surface area contributed by atoms with E-state index in [-0.39, 0.29) is 12.1 Å². The molecule has 2 unspecified atom stereocenters. The number of likely N-dealkylation sites (N-methyl/N-ethyl adjacent to an activating group) is 1. The zero-order chi connectivity index (χ0) is 13.2. The monoisotopic (exact) mass is 259 g/mol. The van der Waals surface area contributed by atoms with Crippen molar-refractivity contribution in [1.29, 1.82) is 0 Å². The minimum absolute atomic E-state index is 0.00885. The van der Waals surface area contributed by atoms with Crippen LogP contribution in [0.4, 0.5) is 0 Å². The second kappa shape index (κ2) is 4.93. The summed E-state index contributed by atoms with van der Waals surface area (Å²) in [6.07, 6.45) is 1.84. The van der Waals surface area contributed by atoms with Gasteiger partial charge in [-0.15, -0.1) is 0 Å². The number of hydrogen-bond donors (Lipinski definition) is 1. The molecule has 2 aromatic rings. The van der Waals surface area contributed by atoms with Gasteiger partial charge >= 0.3 is 0 Å². The van der Waals surface area contributed by atoms with Crippen LogP contribution in [0.5, 0.6) is 11.5 Å². The molecule has 0 spiro atoms. The van der Waals surface area contributed by atoms with Gasteiger partial charge in [0.25, 0.3) is 0 Å². The van der Waals surface area contributed by atoms with Crippen molar-refractivity contribution in [2.75, 3.05) is 13.7 Å². The molecule has 3 rings (SSSR count). The van der Waals surface area contributed by atoms with Gasteiger partial charge in [-0.2, -0.15) is 5.10 Å². The average Bonchev–Trinajstić information content (AvgIpc) is 2.86. The van der Waals surface area contributed by atoms with Crippen LogP contribution >= 0.6 is 0 Å². The van der Waals surface area contributed by atoms with E-state index in [9.17, 15) is 0 Å². The highest BCUT2D eigenvalue weighted by atomic mass is 16.6. The van der Waals surface area contributed by atoms with Crippen LogP contribution in [0.3, 0.4) is 0 Å². The Bertz CT molecular complexity index is 567. The fraction of sp³-hybridized carbons (Fsp3) is 0.357. The van der Waals surface area contributed by atoms with Crippen LogP contribution in [-0.2, 0) is 7.05 Å². The lowest BCUT2D eigenvalue weighted by Gasteiger charge is -2.31. The van der Waals surface area contributed by atoms with E-state index in [1.54, 1.807) is 4.68 Å². The molecule has 5 heteroatoms. The first-order valence-electron chi connectivity index (χ1n) is 6.33. The van der Waals surface area contributed by atoms with Crippen LogP contribution in [0.1, 0.15) is 11.7 Å². The van der Waals surface area contributed by atoms with E-state index < -0.39 is 0 Å². The maximum atomic E-state index is 6.01. The summed E-state index contributed by atoms with van der Waals surface area (Å²) in [6, 6.07) is 9.73. The molecule has 100 valence electrons. The molecule has 5 nitrogen and oxygen atoms in total. The van der Waals surface area contributed by atoms with Crippen molar-refractivity contribution in [2.24, 2.45) is 7.05 Å². The van der Waals surface area contributed by atoms with Crippen LogP contribution in [-0.4, -0.2) is 29.5 Å². The maximum absolute atomic E-state index is 6.01. The Labute approximate surface area is 112 Å². The highest BCUT2D eigenvalue weighted by Crippen LogP contribution is 2.33. The minimum Gasteiger partial charge on any atom is -0.486 e. The Kier molecular flexibility index (Phi) is 3.13. The quantitative estimate of drug-likeness (QED) is 0.908. The van der Waals surface area contributed by atoms with Crippen molar-refractivity contribution in [1.82, 2.24) is 15.1 Å². The Hall–Kier alpha value is -2.01. The number of para-hydroxylation sites is 2. The summed E-state index contributed by atoms with van der Waals surface area (Å²) in [4.78, 5) is 0. The zero-order valence-electron chi connectivity index (χ0n) is 11.0. The largest absolute Gasteiger partial charge is 0.486 e. The van der Waals surface area contributed by atoms with E-state index in [1.165, 1.54) is 0 Å². The van der Waals surface area contributed by atoms with Gasteiger partial charge in [-0.3, -0.25) is 4.68 Å². The fourth-order valence-corrected chi connectivity index (χ4v) is 2.32. The minimum atomic E-state index is -0.0881. The first kappa shape index (κ1) is 12.0. The van der Waals surface area contributed by atoms with Gasteiger partial charge in [0, 0.05) is 13.2 Å². The first-order valence-corrected chi connectivity index (χ1v) is 6.33. The molecular weight excluding hydrogens is 242 g/mol. The van der Waals surface area contributed by atoms with Crippen LogP contribution in [0.15, 0.2) is 36.5 Å². The van der Waals surface area contributed by atoms with Gasteiger partial charge in [-0.05, 0) is 25.2 Å². The number of benzene rings is 1. The third-order valence-corrected chi connectivity index (χ3v) is 3.27. The van der Waals surface area contributed by atoms with Gasteiger partial charge in [-0.25, -0.2) is 0 Å². The summed E-state index contributed by atoms with van der Waals surface area (Å²) >= 11 is 0. The predicted octanol–water partition coefficient (Wildman–Crippen LogP) is 1.52. The lowest BCUT2D eigenvalue weighted by Crippen LogP contribution is -2.40. The number of hydrogen-bond acceptors (Lipinski definition) is 4. The van der Waals surface area contributed by atoms with E-state index in [0.717, 1.165) is 17.2 Å². The Morgan fingerprint density at radius 2 is 2.11 bits per heavy atom. The maximum Gasteiger partial charge on any atom is 0.161 e. The molecule has 1 aliphatic heterocycles. The molecule has 19 heavy (non-hydrogen) atoms. The van der Waals surface area contributed by atoms with Crippen molar-refractivity contribution < 1.29 is 9.47 Å². The molecule has 1 aromatic heterocycles. The van der Waals surface area contributed by atoms with Crippen molar-refractivity contribution in [3.8, 4) is 11.5 Å². The highest BCUT2D eigenvalue weighted by Gasteiger charge is 2.30. The number of nitrogens with zero attached hydrogens (tertiary/aromatic N) is 2. The molecule has 1 aliphatic rings. The molecular formula is C14H17N3O2. The summed E-state index contributed by atoms with van der Waals surface area (Å²) in [6.45, 7) is 0.513. The third-order valence-electron chi connectivity index (χ3n) is 3.27. The SMILES string of the molecule is CNC(c1ccn(C)n1)C1COc2ccccc2O1. The summed E-state index contributed by atoms with van der Waals surface area (Å²) in [5, 5.41) is 7.68. The summed E-state index contributed by atoms with van der Waals surface area (Å²) in [5.74, 6) is 1.59. The van der Waals surface area contributed by atoms with Crippen LogP contribution in [0.2, 0.25) is 0 Å². The van der Waals surface area contributed by atoms with Crippen LogP contribution in [0, 0.1) is 0 Å². The number of aromatic nitrogens is 2. The second-order valence-electron chi connectivity index (χ2n) is 4.59. The summed E-state index contributed by atoms with van der Waals surface area (Å²) in [7, 11) is 3.81. The van der Waals surface area contributed by atoms with E-state index in [2.05, 4.69) is 10.4 Å². The topological polar surface area (TPSA) is 48.3 Å². The summed E-state index contributed by atoms with van der Waals surface area (Å²) in [5.41, 5.74) is 0.956. The van der Waals surface area contributed by atoms with Crippen molar-refractivity contribution in [3.05, 3.63) is 42.2 Å². The predicted molar refractivity (Wildman–Crippen MR) is 71.4 cm³/mol. The molecule has 1 N–H and O–H groups in total. The lowest BCUT2D eigenvalue weighted by atomic mass is 10.1. The van der Waals surface area contributed by atoms with E-state index in [4.69, 9.17) is 9.47 Å². The number of rotatable bonds is 3. The number of ether oxygens (including phenoxy) is 2. The standard InChI is InChI=1S/C14H17N3O2/c1-15-14(10-7-8-17(2)16-10)13-9-18-11-5-3-4-6-12(11)19-13/h3-8,13-15H,9H2,1-2H3. The molecule has 0 radical (unpaired) electrons.